The average molecular weight is 301 g/mol. The molecule has 0 N–H and O–H groups in total. The lowest BCUT2D eigenvalue weighted by molar-refractivity contribution is 0.239. The Morgan fingerprint density at radius 2 is 2.12 bits per heavy atom. The summed E-state index contributed by atoms with van der Waals surface area (Å²) in [6.07, 6.45) is 2.39. The molecule has 0 bridgehead atoms. The highest BCUT2D eigenvalue weighted by Gasteiger charge is 2.11. The first-order valence-electron chi connectivity index (χ1n) is 6.07. The van der Waals surface area contributed by atoms with Crippen molar-refractivity contribution in [2.45, 2.75) is 32.0 Å². The van der Waals surface area contributed by atoms with Gasteiger partial charge in [0.2, 0.25) is 0 Å². The lowest BCUT2D eigenvalue weighted by Crippen LogP contribution is -2.09. The summed E-state index contributed by atoms with van der Waals surface area (Å²) in [5.74, 6) is 2.26. The normalized spacial score (nSPS) is 12.2. The van der Waals surface area contributed by atoms with Gasteiger partial charge in [-0.3, -0.25) is 0 Å². The van der Waals surface area contributed by atoms with Gasteiger partial charge < -0.3 is 9.47 Å². The minimum atomic E-state index is 0.577. The third kappa shape index (κ3) is 4.23. The van der Waals surface area contributed by atoms with E-state index in [1.165, 1.54) is 12.8 Å². The molecule has 1 rings (SSSR count). The van der Waals surface area contributed by atoms with Crippen LogP contribution in [-0.2, 0) is 5.33 Å². The number of methoxy groups -OCH3 is 1. The van der Waals surface area contributed by atoms with Gasteiger partial charge in [-0.05, 0) is 18.4 Å². The first-order valence-corrected chi connectivity index (χ1v) is 7.19. The molecule has 0 aliphatic carbocycles. The van der Waals surface area contributed by atoms with Crippen LogP contribution in [0.15, 0.2) is 18.2 Å². The summed E-state index contributed by atoms with van der Waals surface area (Å²) in [5, 5.41) is 0.779. The average Bonchev–Trinajstić information content (AvgIpc) is 2.36. The van der Waals surface area contributed by atoms with Crippen LogP contribution in [0.1, 0.15) is 32.3 Å². The van der Waals surface area contributed by atoms with Crippen LogP contribution in [0.5, 0.6) is 11.5 Å². The third-order valence-electron chi connectivity index (χ3n) is 2.72. The second kappa shape index (κ2) is 7.59. The Morgan fingerprint density at radius 1 is 1.35 bits per heavy atom. The molecule has 0 aliphatic heterocycles. The summed E-state index contributed by atoms with van der Waals surface area (Å²) in [5.41, 5.74) is 1.13. The number of alkyl halides is 1. The fourth-order valence-corrected chi connectivity index (χ4v) is 2.23. The summed E-state index contributed by atoms with van der Waals surface area (Å²) >= 11 is 3.47. The van der Waals surface area contributed by atoms with Crippen LogP contribution in [-0.4, -0.2) is 13.7 Å². The number of hydrogen-bond donors (Lipinski definition) is 0. The van der Waals surface area contributed by atoms with Crippen LogP contribution in [0, 0.1) is 5.92 Å². The zero-order chi connectivity index (χ0) is 12.7. The molecule has 1 atom stereocenters. The standard InChI is InChI=1S/C14H21BrO2/c1-4-6-11(2)10-17-14-12(9-15)7-5-8-13(14)16-3/h5,7-8,11H,4,6,9-10H2,1-3H3. The smallest absolute Gasteiger partial charge is 0.165 e. The van der Waals surface area contributed by atoms with Gasteiger partial charge in [0.1, 0.15) is 0 Å². The van der Waals surface area contributed by atoms with Crippen LogP contribution in [0.4, 0.5) is 0 Å². The Hall–Kier alpha value is -0.700. The highest BCUT2D eigenvalue weighted by Crippen LogP contribution is 2.32. The van der Waals surface area contributed by atoms with Crippen molar-refractivity contribution in [3.05, 3.63) is 23.8 Å². The number of hydrogen-bond acceptors (Lipinski definition) is 2. The van der Waals surface area contributed by atoms with E-state index in [0.29, 0.717) is 5.92 Å². The molecule has 1 aromatic rings. The molecule has 0 saturated carbocycles. The Balaban J connectivity index is 2.74. The van der Waals surface area contributed by atoms with Gasteiger partial charge in [0, 0.05) is 10.9 Å². The van der Waals surface area contributed by atoms with Crippen molar-refractivity contribution >= 4 is 15.9 Å². The first-order chi connectivity index (χ1) is 8.22. The number of halogens is 1. The molecule has 0 spiro atoms. The summed E-state index contributed by atoms with van der Waals surface area (Å²) < 4.78 is 11.2. The second-order valence-corrected chi connectivity index (χ2v) is 4.85. The van der Waals surface area contributed by atoms with Gasteiger partial charge in [0.25, 0.3) is 0 Å². The maximum atomic E-state index is 5.91. The monoisotopic (exact) mass is 300 g/mol. The molecule has 3 heteroatoms. The Kier molecular flexibility index (Phi) is 6.41. The topological polar surface area (TPSA) is 18.5 Å². The fourth-order valence-electron chi connectivity index (χ4n) is 1.79. The molecule has 0 saturated heterocycles. The van der Waals surface area contributed by atoms with Gasteiger partial charge in [0.15, 0.2) is 11.5 Å². The molecule has 0 fully saturated rings. The second-order valence-electron chi connectivity index (χ2n) is 4.29. The Morgan fingerprint density at radius 3 is 2.71 bits per heavy atom. The van der Waals surface area contributed by atoms with Crippen LogP contribution >= 0.6 is 15.9 Å². The zero-order valence-corrected chi connectivity index (χ0v) is 12.4. The number of rotatable bonds is 7. The van der Waals surface area contributed by atoms with E-state index >= 15 is 0 Å². The highest BCUT2D eigenvalue weighted by atomic mass is 79.9. The van der Waals surface area contributed by atoms with Crippen molar-refractivity contribution in [3.63, 3.8) is 0 Å². The Bertz CT molecular complexity index is 317. The molecule has 0 amide bonds. The van der Waals surface area contributed by atoms with E-state index in [1.54, 1.807) is 7.11 Å². The predicted molar refractivity (Wildman–Crippen MR) is 75.2 cm³/mol. The first kappa shape index (κ1) is 14.4. The lowest BCUT2D eigenvalue weighted by atomic mass is 10.1. The van der Waals surface area contributed by atoms with Gasteiger partial charge in [-0.1, -0.05) is 48.3 Å². The summed E-state index contributed by atoms with van der Waals surface area (Å²) in [6.45, 7) is 5.16. The van der Waals surface area contributed by atoms with E-state index in [9.17, 15) is 0 Å². The number of benzene rings is 1. The molecule has 0 heterocycles. The molecule has 96 valence electrons. The van der Waals surface area contributed by atoms with Gasteiger partial charge in [-0.2, -0.15) is 0 Å². The zero-order valence-electron chi connectivity index (χ0n) is 10.8. The van der Waals surface area contributed by atoms with Gasteiger partial charge >= 0.3 is 0 Å². The van der Waals surface area contributed by atoms with E-state index in [2.05, 4.69) is 35.8 Å². The third-order valence-corrected chi connectivity index (χ3v) is 3.32. The summed E-state index contributed by atoms with van der Waals surface area (Å²) in [4.78, 5) is 0. The maximum Gasteiger partial charge on any atom is 0.165 e. The fraction of sp³-hybridized carbons (Fsp3) is 0.571. The summed E-state index contributed by atoms with van der Waals surface area (Å²) in [7, 11) is 1.68. The molecule has 0 radical (unpaired) electrons. The van der Waals surface area contributed by atoms with Crippen molar-refractivity contribution < 1.29 is 9.47 Å². The van der Waals surface area contributed by atoms with Crippen molar-refractivity contribution in [1.82, 2.24) is 0 Å². The molecule has 1 unspecified atom stereocenters. The van der Waals surface area contributed by atoms with Crippen molar-refractivity contribution in [2.24, 2.45) is 5.92 Å². The molecule has 17 heavy (non-hydrogen) atoms. The highest BCUT2D eigenvalue weighted by molar-refractivity contribution is 9.08. The molecule has 1 aromatic carbocycles. The molecule has 0 aliphatic rings. The number of para-hydroxylation sites is 1. The van der Waals surface area contributed by atoms with E-state index in [4.69, 9.17) is 9.47 Å². The van der Waals surface area contributed by atoms with Gasteiger partial charge in [-0.15, -0.1) is 0 Å². The van der Waals surface area contributed by atoms with Crippen LogP contribution in [0.25, 0.3) is 0 Å². The molecule has 2 nitrogen and oxygen atoms in total. The maximum absolute atomic E-state index is 5.91. The minimum absolute atomic E-state index is 0.577. The van der Waals surface area contributed by atoms with Crippen LogP contribution in [0.3, 0.4) is 0 Å². The molecular formula is C14H21BrO2. The van der Waals surface area contributed by atoms with Crippen molar-refractivity contribution in [3.8, 4) is 11.5 Å². The van der Waals surface area contributed by atoms with E-state index in [1.807, 2.05) is 12.1 Å². The van der Waals surface area contributed by atoms with Crippen LogP contribution in [0.2, 0.25) is 0 Å². The van der Waals surface area contributed by atoms with E-state index in [0.717, 1.165) is 29.0 Å². The van der Waals surface area contributed by atoms with Crippen molar-refractivity contribution in [1.29, 1.82) is 0 Å². The van der Waals surface area contributed by atoms with Gasteiger partial charge in [0.05, 0.1) is 13.7 Å². The van der Waals surface area contributed by atoms with Crippen molar-refractivity contribution in [2.75, 3.05) is 13.7 Å². The minimum Gasteiger partial charge on any atom is -0.493 e. The molecular weight excluding hydrogens is 280 g/mol. The van der Waals surface area contributed by atoms with Gasteiger partial charge in [-0.25, -0.2) is 0 Å². The number of ether oxygens (including phenoxy) is 2. The molecule has 0 aromatic heterocycles. The lowest BCUT2D eigenvalue weighted by Gasteiger charge is -2.16. The van der Waals surface area contributed by atoms with Crippen LogP contribution < -0.4 is 9.47 Å². The van der Waals surface area contributed by atoms with E-state index in [-0.39, 0.29) is 0 Å². The summed E-state index contributed by atoms with van der Waals surface area (Å²) in [6, 6.07) is 5.97. The SMILES string of the molecule is CCCC(C)COc1c(CBr)cccc1OC. The van der Waals surface area contributed by atoms with E-state index < -0.39 is 0 Å². The predicted octanol–water partition coefficient (Wildman–Crippen LogP) is 4.41. The largest absolute Gasteiger partial charge is 0.493 e. The Labute approximate surface area is 112 Å². The quantitative estimate of drug-likeness (QED) is 0.695.